The van der Waals surface area contributed by atoms with Gasteiger partial charge in [-0.25, -0.2) is 14.8 Å². The fourth-order valence-corrected chi connectivity index (χ4v) is 4.60. The largest absolute Gasteiger partial charge is 0.496 e. The fourth-order valence-electron chi connectivity index (χ4n) is 4.60. The normalized spacial score (nSPS) is 11.7. The number of carboxylic acids is 1. The van der Waals surface area contributed by atoms with Crippen molar-refractivity contribution in [2.45, 2.75) is 40.5 Å². The van der Waals surface area contributed by atoms with Crippen molar-refractivity contribution in [1.82, 2.24) is 25.1 Å². The minimum absolute atomic E-state index is 0.0688. The van der Waals surface area contributed by atoms with Crippen molar-refractivity contribution >= 4 is 27.9 Å². The first-order valence-corrected chi connectivity index (χ1v) is 11.0. The molecule has 5 rings (SSSR count). The topological polar surface area (TPSA) is 130 Å². The number of fused-ring (bicyclic) bond motifs is 3. The van der Waals surface area contributed by atoms with Gasteiger partial charge in [-0.3, -0.25) is 0 Å². The summed E-state index contributed by atoms with van der Waals surface area (Å²) in [6, 6.07) is 5.61. The molecule has 0 amide bonds. The summed E-state index contributed by atoms with van der Waals surface area (Å²) in [6.45, 7) is 9.62. The molecule has 0 radical (unpaired) electrons. The Hall–Kier alpha value is -4.14. The molecule has 1 aromatic carbocycles. The van der Waals surface area contributed by atoms with Crippen molar-refractivity contribution in [3.8, 4) is 28.1 Å². The van der Waals surface area contributed by atoms with Crippen LogP contribution in [-0.4, -0.2) is 43.3 Å². The molecular weight excluding hydrogens is 434 g/mol. The number of aromatic nitrogens is 5. The smallest absolute Gasteiger partial charge is 0.352 e. The van der Waals surface area contributed by atoms with Crippen LogP contribution in [-0.2, 0) is 0 Å². The third-order valence-corrected chi connectivity index (χ3v) is 6.10. The van der Waals surface area contributed by atoms with Crippen molar-refractivity contribution in [2.24, 2.45) is 0 Å². The molecule has 0 unspecified atom stereocenters. The molecule has 34 heavy (non-hydrogen) atoms. The number of nitrogens with zero attached hydrogens (tertiary/aromatic N) is 3. The fraction of sp³-hybridized carbons (Fsp3) is 0.280. The zero-order valence-corrected chi connectivity index (χ0v) is 19.8. The maximum Gasteiger partial charge on any atom is 0.352 e. The van der Waals surface area contributed by atoms with E-state index in [-0.39, 0.29) is 11.6 Å². The lowest BCUT2D eigenvalue weighted by molar-refractivity contribution is 0.0691. The molecule has 9 heteroatoms. The van der Waals surface area contributed by atoms with E-state index in [1.165, 1.54) is 0 Å². The molecule has 0 fully saturated rings. The van der Waals surface area contributed by atoms with Gasteiger partial charge in [0.05, 0.1) is 29.4 Å². The van der Waals surface area contributed by atoms with E-state index in [9.17, 15) is 9.90 Å². The summed E-state index contributed by atoms with van der Waals surface area (Å²) in [5.41, 5.74) is 6.41. The Balaban J connectivity index is 1.86. The van der Waals surface area contributed by atoms with Crippen molar-refractivity contribution in [2.75, 3.05) is 7.11 Å². The number of benzene rings is 1. The second kappa shape index (κ2) is 7.72. The van der Waals surface area contributed by atoms with Crippen LogP contribution in [0, 0.1) is 20.8 Å². The second-order valence-electron chi connectivity index (χ2n) is 8.74. The number of ether oxygens (including phenoxy) is 1. The highest BCUT2D eigenvalue weighted by Gasteiger charge is 2.24. The maximum atomic E-state index is 11.7. The lowest BCUT2D eigenvalue weighted by Crippen LogP contribution is -1.98. The van der Waals surface area contributed by atoms with Crippen LogP contribution in [0.3, 0.4) is 0 Å². The summed E-state index contributed by atoms with van der Waals surface area (Å²) in [5, 5.41) is 15.4. The molecule has 0 spiro atoms. The van der Waals surface area contributed by atoms with Crippen molar-refractivity contribution in [1.29, 1.82) is 0 Å². The van der Waals surface area contributed by atoms with Crippen molar-refractivity contribution in [3.63, 3.8) is 0 Å². The summed E-state index contributed by atoms with van der Waals surface area (Å²) in [7, 11) is 1.63. The first-order chi connectivity index (χ1) is 16.2. The van der Waals surface area contributed by atoms with Gasteiger partial charge in [-0.2, -0.15) is 0 Å². The van der Waals surface area contributed by atoms with Gasteiger partial charge in [-0.15, -0.1) is 0 Å². The molecule has 0 saturated carbocycles. The number of rotatable bonds is 5. The zero-order chi connectivity index (χ0) is 24.3. The highest BCUT2D eigenvalue weighted by molar-refractivity contribution is 6.14. The Bertz CT molecular complexity index is 1570. The Kier molecular flexibility index (Phi) is 4.93. The van der Waals surface area contributed by atoms with E-state index in [0.717, 1.165) is 44.4 Å². The molecule has 0 atom stereocenters. The number of nitrogens with one attached hydrogen (secondary N) is 2. The van der Waals surface area contributed by atoms with E-state index < -0.39 is 5.97 Å². The zero-order valence-electron chi connectivity index (χ0n) is 19.8. The second-order valence-corrected chi connectivity index (χ2v) is 8.74. The van der Waals surface area contributed by atoms with Crippen LogP contribution in [0.5, 0.6) is 5.75 Å². The number of hydrogen-bond donors (Lipinski definition) is 3. The van der Waals surface area contributed by atoms with Gasteiger partial charge < -0.3 is 24.3 Å². The van der Waals surface area contributed by atoms with E-state index in [2.05, 4.69) is 20.1 Å². The molecule has 0 saturated heterocycles. The number of H-pyrrole nitrogens is 2. The molecule has 174 valence electrons. The number of aromatic amines is 2. The predicted octanol–water partition coefficient (Wildman–Crippen LogP) is 5.52. The van der Waals surface area contributed by atoms with E-state index in [0.29, 0.717) is 28.7 Å². The highest BCUT2D eigenvalue weighted by atomic mass is 16.5. The minimum Gasteiger partial charge on any atom is -0.496 e. The molecule has 0 bridgehead atoms. The van der Waals surface area contributed by atoms with Crippen LogP contribution in [0.2, 0.25) is 0 Å². The van der Waals surface area contributed by atoms with Gasteiger partial charge in [0.15, 0.2) is 0 Å². The summed E-state index contributed by atoms with van der Waals surface area (Å²) < 4.78 is 11.1. The quantitative estimate of drug-likeness (QED) is 0.316. The van der Waals surface area contributed by atoms with Crippen LogP contribution in [0.25, 0.3) is 44.3 Å². The molecule has 9 nitrogen and oxygen atoms in total. The van der Waals surface area contributed by atoms with Gasteiger partial charge in [0.1, 0.15) is 28.7 Å². The number of aryl methyl sites for hydroxylation is 3. The maximum absolute atomic E-state index is 11.7. The van der Waals surface area contributed by atoms with E-state index in [1.807, 2.05) is 46.8 Å². The number of hydrogen-bond acceptors (Lipinski definition) is 6. The molecule has 5 aromatic rings. The molecule has 0 aliphatic rings. The molecule has 0 aliphatic carbocycles. The Morgan fingerprint density at radius 3 is 2.47 bits per heavy atom. The molecule has 0 aliphatic heterocycles. The van der Waals surface area contributed by atoms with Gasteiger partial charge in [0.25, 0.3) is 0 Å². The first kappa shape index (κ1) is 21.7. The Labute approximate surface area is 195 Å². The first-order valence-electron chi connectivity index (χ1n) is 11.0. The van der Waals surface area contributed by atoms with E-state index in [1.54, 1.807) is 13.2 Å². The number of methoxy groups -OCH3 is 1. The van der Waals surface area contributed by atoms with Crippen molar-refractivity contribution < 1.29 is 19.2 Å². The van der Waals surface area contributed by atoms with Crippen LogP contribution < -0.4 is 4.74 Å². The molecule has 3 N–H and O–H groups in total. The average molecular weight is 460 g/mol. The summed E-state index contributed by atoms with van der Waals surface area (Å²) in [5.74, 6) is 1.01. The van der Waals surface area contributed by atoms with E-state index in [4.69, 9.17) is 14.2 Å². The Morgan fingerprint density at radius 2 is 1.85 bits per heavy atom. The SMILES string of the molecule is COc1cc2c(cc1-c1c(C)noc1C)[nH]c1nc(C)nc(-c3cc(C(=O)O)[nH]c3C(C)C)c12. The van der Waals surface area contributed by atoms with Crippen LogP contribution in [0.1, 0.15) is 53.2 Å². The Morgan fingerprint density at radius 1 is 1.09 bits per heavy atom. The lowest BCUT2D eigenvalue weighted by Gasteiger charge is -2.10. The summed E-state index contributed by atoms with van der Waals surface area (Å²) in [4.78, 5) is 27.6. The van der Waals surface area contributed by atoms with Crippen molar-refractivity contribution in [3.05, 3.63) is 46.9 Å². The molecular formula is C25H25N5O4. The summed E-state index contributed by atoms with van der Waals surface area (Å²) >= 11 is 0. The van der Waals surface area contributed by atoms with Gasteiger partial charge in [0.2, 0.25) is 0 Å². The summed E-state index contributed by atoms with van der Waals surface area (Å²) in [6.07, 6.45) is 0. The standard InChI is InChI=1S/C25H25N5O4/c1-10(2)22-16(8-18(28-22)25(31)32)23-21-14-9-19(33-6)15(20-11(3)30-34-12(20)4)7-17(14)29-24(21)27-13(5)26-23/h7-10,28H,1-6H3,(H,31,32)(H,26,27,29). The highest BCUT2D eigenvalue weighted by Crippen LogP contribution is 2.42. The molecule has 4 heterocycles. The monoisotopic (exact) mass is 459 g/mol. The van der Waals surface area contributed by atoms with Gasteiger partial charge in [-0.1, -0.05) is 19.0 Å². The van der Waals surface area contributed by atoms with Crippen LogP contribution in [0.4, 0.5) is 0 Å². The third-order valence-electron chi connectivity index (χ3n) is 6.10. The number of carboxylic acid groups (broad SMARTS) is 1. The molecule has 4 aromatic heterocycles. The van der Waals surface area contributed by atoms with E-state index >= 15 is 0 Å². The van der Waals surface area contributed by atoms with Gasteiger partial charge in [0, 0.05) is 27.7 Å². The number of carbonyl (C=O) groups is 1. The van der Waals surface area contributed by atoms with Gasteiger partial charge >= 0.3 is 5.97 Å². The van der Waals surface area contributed by atoms with Gasteiger partial charge in [-0.05, 0) is 44.9 Å². The number of aromatic carboxylic acids is 1. The average Bonchev–Trinajstić information content (AvgIpc) is 3.47. The lowest BCUT2D eigenvalue weighted by atomic mass is 9.98. The van der Waals surface area contributed by atoms with Crippen LogP contribution >= 0.6 is 0 Å². The predicted molar refractivity (Wildman–Crippen MR) is 128 cm³/mol. The minimum atomic E-state index is -1.01. The third kappa shape index (κ3) is 3.23. The van der Waals surface area contributed by atoms with Crippen LogP contribution in [0.15, 0.2) is 22.7 Å².